The van der Waals surface area contributed by atoms with Gasteiger partial charge in [0.2, 0.25) is 0 Å². The number of aryl methyl sites for hydroxylation is 2. The smallest absolute Gasteiger partial charge is 0.256 e. The Morgan fingerprint density at radius 2 is 1.86 bits per heavy atom. The fraction of sp³-hybridized carbons (Fsp3) is 0.286. The first kappa shape index (κ1) is 15.6. The molecule has 0 amide bonds. The molecule has 0 aliphatic heterocycles. The van der Waals surface area contributed by atoms with Gasteiger partial charge in [0.15, 0.2) is 0 Å². The second kappa shape index (κ2) is 5.93. The molecule has 1 atom stereocenters. The van der Waals surface area contributed by atoms with Crippen molar-refractivity contribution in [3.63, 3.8) is 0 Å². The summed E-state index contributed by atoms with van der Waals surface area (Å²) in [4.78, 5) is 18.7. The maximum Gasteiger partial charge on any atom is 0.256 e. The maximum atomic E-state index is 13.8. The Morgan fingerprint density at radius 3 is 2.38 bits per heavy atom. The van der Waals surface area contributed by atoms with Crippen LogP contribution in [-0.2, 0) is 0 Å². The van der Waals surface area contributed by atoms with E-state index in [1.807, 2.05) is 0 Å². The summed E-state index contributed by atoms with van der Waals surface area (Å²) in [6, 6.07) is 1.72. The summed E-state index contributed by atoms with van der Waals surface area (Å²) in [6.07, 6.45) is 0. The third kappa shape index (κ3) is 3.29. The number of aromatic nitrogens is 2. The number of nitrogens with zero attached hydrogens (tertiary/aromatic N) is 1. The Labute approximate surface area is 128 Å². The lowest BCUT2D eigenvalue weighted by atomic mass is 10.1. The molecule has 4 nitrogen and oxygen atoms in total. The molecule has 2 rings (SSSR count). The molecular weight excluding hydrogens is 344 g/mol. The molecule has 1 heterocycles. The summed E-state index contributed by atoms with van der Waals surface area (Å²) in [5, 5.41) is 2.69. The highest BCUT2D eigenvalue weighted by Gasteiger charge is 2.18. The van der Waals surface area contributed by atoms with Gasteiger partial charge in [0.05, 0.1) is 17.3 Å². The van der Waals surface area contributed by atoms with Gasteiger partial charge in [-0.15, -0.1) is 0 Å². The minimum Gasteiger partial charge on any atom is -0.373 e. The molecule has 1 aromatic heterocycles. The monoisotopic (exact) mass is 357 g/mol. The first-order valence-electron chi connectivity index (χ1n) is 6.28. The van der Waals surface area contributed by atoms with Crippen molar-refractivity contribution in [1.82, 2.24) is 9.97 Å². The van der Waals surface area contributed by atoms with E-state index in [2.05, 4.69) is 31.2 Å². The second-order valence-electron chi connectivity index (χ2n) is 4.76. The lowest BCUT2D eigenvalue weighted by molar-refractivity contribution is 0.582. The number of aromatic amines is 1. The van der Waals surface area contributed by atoms with Crippen LogP contribution < -0.4 is 10.9 Å². The van der Waals surface area contributed by atoms with Gasteiger partial charge in [0.25, 0.3) is 5.56 Å². The molecule has 0 spiro atoms. The predicted molar refractivity (Wildman–Crippen MR) is 80.4 cm³/mol. The van der Waals surface area contributed by atoms with E-state index in [1.54, 1.807) is 20.8 Å². The van der Waals surface area contributed by atoms with Gasteiger partial charge in [-0.3, -0.25) is 4.79 Å². The fourth-order valence-corrected chi connectivity index (χ4v) is 2.62. The molecule has 0 aliphatic carbocycles. The molecule has 0 saturated carbocycles. The van der Waals surface area contributed by atoms with Gasteiger partial charge < -0.3 is 10.3 Å². The molecule has 0 aliphatic rings. The quantitative estimate of drug-likeness (QED) is 0.882. The normalized spacial score (nSPS) is 12.3. The van der Waals surface area contributed by atoms with Crippen LogP contribution in [0.5, 0.6) is 0 Å². The Bertz CT molecular complexity index is 722. The highest BCUT2D eigenvalue weighted by atomic mass is 79.9. The Balaban J connectivity index is 2.40. The number of anilines is 1. The third-order valence-corrected chi connectivity index (χ3v) is 3.52. The van der Waals surface area contributed by atoms with Gasteiger partial charge in [-0.05, 0) is 32.9 Å². The maximum absolute atomic E-state index is 13.8. The van der Waals surface area contributed by atoms with E-state index in [0.29, 0.717) is 21.6 Å². The van der Waals surface area contributed by atoms with Crippen LogP contribution in [0.15, 0.2) is 21.4 Å². The van der Waals surface area contributed by atoms with E-state index >= 15 is 0 Å². The highest BCUT2D eigenvalue weighted by Crippen LogP contribution is 2.27. The fourth-order valence-electron chi connectivity index (χ4n) is 2.21. The van der Waals surface area contributed by atoms with Gasteiger partial charge in [-0.25, -0.2) is 13.8 Å². The van der Waals surface area contributed by atoms with Crippen LogP contribution in [0.4, 0.5) is 14.5 Å². The van der Waals surface area contributed by atoms with Crippen molar-refractivity contribution in [1.29, 1.82) is 0 Å². The number of H-pyrrole nitrogens is 1. The van der Waals surface area contributed by atoms with Crippen molar-refractivity contribution in [2.45, 2.75) is 26.8 Å². The number of benzene rings is 1. The van der Waals surface area contributed by atoms with Gasteiger partial charge >= 0.3 is 0 Å². The van der Waals surface area contributed by atoms with Crippen molar-refractivity contribution < 1.29 is 8.78 Å². The summed E-state index contributed by atoms with van der Waals surface area (Å²) < 4.78 is 27.9. The van der Waals surface area contributed by atoms with Gasteiger partial charge in [-0.1, -0.05) is 15.9 Å². The average Bonchev–Trinajstić information content (AvgIpc) is 2.32. The van der Waals surface area contributed by atoms with Gasteiger partial charge in [0.1, 0.15) is 23.1 Å². The third-order valence-electron chi connectivity index (χ3n) is 3.06. The highest BCUT2D eigenvalue weighted by molar-refractivity contribution is 9.10. The van der Waals surface area contributed by atoms with Crippen LogP contribution in [0.25, 0.3) is 0 Å². The summed E-state index contributed by atoms with van der Waals surface area (Å²) in [5.41, 5.74) is 0.277. The zero-order valence-electron chi connectivity index (χ0n) is 11.7. The number of rotatable bonds is 3. The zero-order valence-corrected chi connectivity index (χ0v) is 13.3. The molecule has 0 saturated heterocycles. The largest absolute Gasteiger partial charge is 0.373 e. The van der Waals surface area contributed by atoms with Crippen molar-refractivity contribution >= 4 is 21.6 Å². The molecule has 7 heteroatoms. The van der Waals surface area contributed by atoms with E-state index in [0.717, 1.165) is 12.1 Å². The summed E-state index contributed by atoms with van der Waals surface area (Å²) in [6.45, 7) is 5.00. The number of nitrogens with one attached hydrogen (secondary N) is 2. The molecule has 1 aromatic carbocycles. The van der Waals surface area contributed by atoms with Gasteiger partial charge in [-0.2, -0.15) is 0 Å². The Kier molecular flexibility index (Phi) is 4.41. The van der Waals surface area contributed by atoms with E-state index in [1.165, 1.54) is 0 Å². The van der Waals surface area contributed by atoms with Crippen LogP contribution in [0.1, 0.15) is 30.0 Å². The number of halogens is 3. The average molecular weight is 358 g/mol. The molecule has 2 aromatic rings. The standard InChI is InChI=1S/C14H14BrF2N3O/c1-6-12(14(21)20-8(3)18-6)7(2)19-13-10(16)4-9(15)5-11(13)17/h4-5,7,19H,1-3H3,(H,18,20,21). The molecule has 2 N–H and O–H groups in total. The van der Waals surface area contributed by atoms with Crippen molar-refractivity contribution in [2.75, 3.05) is 5.32 Å². The van der Waals surface area contributed by atoms with Crippen molar-refractivity contribution in [2.24, 2.45) is 0 Å². The molecule has 1 unspecified atom stereocenters. The zero-order chi connectivity index (χ0) is 15.7. The minimum atomic E-state index is -0.733. The first-order chi connectivity index (χ1) is 9.79. The van der Waals surface area contributed by atoms with Crippen LogP contribution in [0, 0.1) is 25.5 Å². The number of hydrogen-bond acceptors (Lipinski definition) is 3. The summed E-state index contributed by atoms with van der Waals surface area (Å²) in [5.74, 6) is -0.972. The SMILES string of the molecule is Cc1nc(C)c(C(C)Nc2c(F)cc(Br)cc2F)c(=O)[nH]1. The molecule has 0 bridgehead atoms. The van der Waals surface area contributed by atoms with E-state index in [9.17, 15) is 13.6 Å². The van der Waals surface area contributed by atoms with Crippen LogP contribution >= 0.6 is 15.9 Å². The Hall–Kier alpha value is -1.76. The van der Waals surface area contributed by atoms with E-state index in [4.69, 9.17) is 0 Å². The lowest BCUT2D eigenvalue weighted by Crippen LogP contribution is -2.24. The van der Waals surface area contributed by atoms with E-state index in [-0.39, 0.29) is 11.2 Å². The van der Waals surface area contributed by atoms with Crippen LogP contribution in [0.2, 0.25) is 0 Å². The molecular formula is C14H14BrF2N3O. The van der Waals surface area contributed by atoms with Crippen LogP contribution in [0.3, 0.4) is 0 Å². The molecule has 112 valence electrons. The van der Waals surface area contributed by atoms with Gasteiger partial charge in [0, 0.05) is 4.47 Å². The summed E-state index contributed by atoms with van der Waals surface area (Å²) >= 11 is 3.02. The molecule has 0 fully saturated rings. The number of hydrogen-bond donors (Lipinski definition) is 2. The van der Waals surface area contributed by atoms with Crippen LogP contribution in [-0.4, -0.2) is 9.97 Å². The topological polar surface area (TPSA) is 57.8 Å². The minimum absolute atomic E-state index is 0.273. The Morgan fingerprint density at radius 1 is 1.29 bits per heavy atom. The first-order valence-corrected chi connectivity index (χ1v) is 7.07. The summed E-state index contributed by atoms with van der Waals surface area (Å²) in [7, 11) is 0. The lowest BCUT2D eigenvalue weighted by Gasteiger charge is -2.17. The van der Waals surface area contributed by atoms with Crippen molar-refractivity contribution in [3.05, 3.63) is 55.7 Å². The predicted octanol–water partition coefficient (Wildman–Crippen LogP) is 3.60. The molecule has 21 heavy (non-hydrogen) atoms. The second-order valence-corrected chi connectivity index (χ2v) is 5.68. The molecule has 0 radical (unpaired) electrons. The van der Waals surface area contributed by atoms with E-state index < -0.39 is 17.7 Å². The van der Waals surface area contributed by atoms with Crippen molar-refractivity contribution in [3.8, 4) is 0 Å².